The summed E-state index contributed by atoms with van der Waals surface area (Å²) < 4.78 is 0. The first-order valence-corrected chi connectivity index (χ1v) is 9.87. The van der Waals surface area contributed by atoms with E-state index in [0.29, 0.717) is 0 Å². The molecule has 0 radical (unpaired) electrons. The van der Waals surface area contributed by atoms with E-state index in [-0.39, 0.29) is 5.41 Å². The number of nitrogens with zero attached hydrogens (tertiary/aromatic N) is 1. The summed E-state index contributed by atoms with van der Waals surface area (Å²) in [4.78, 5) is 4.58. The van der Waals surface area contributed by atoms with Crippen LogP contribution in [0.1, 0.15) is 33.4 Å². The minimum Gasteiger partial charge on any atom is -0.264 e. The topological polar surface area (TPSA) is 12.9 Å². The summed E-state index contributed by atoms with van der Waals surface area (Å²) in [7, 11) is 0. The van der Waals surface area contributed by atoms with Crippen LogP contribution >= 0.6 is 0 Å². The highest BCUT2D eigenvalue weighted by Crippen LogP contribution is 2.66. The number of fused-ring (bicyclic) bond motifs is 11. The Labute approximate surface area is 164 Å². The summed E-state index contributed by atoms with van der Waals surface area (Å²) in [5.41, 5.74) is 13.7. The summed E-state index contributed by atoms with van der Waals surface area (Å²) in [6.07, 6.45) is 5.04. The van der Waals surface area contributed by atoms with Gasteiger partial charge in [-0.15, -0.1) is 0 Å². The number of benzene rings is 3. The first-order valence-electron chi connectivity index (χ1n) is 9.87. The molecule has 1 atom stereocenters. The lowest BCUT2D eigenvalue weighted by Crippen LogP contribution is -2.26. The van der Waals surface area contributed by atoms with E-state index < -0.39 is 0 Å². The van der Waals surface area contributed by atoms with E-state index in [2.05, 4.69) is 90.0 Å². The van der Waals surface area contributed by atoms with Gasteiger partial charge in [0.05, 0.1) is 5.41 Å². The molecule has 1 aromatic heterocycles. The van der Waals surface area contributed by atoms with Crippen LogP contribution in [-0.4, -0.2) is 4.98 Å². The number of hydrogen-bond acceptors (Lipinski definition) is 1. The Balaban J connectivity index is 1.71. The van der Waals surface area contributed by atoms with Crippen LogP contribution in [-0.2, 0) is 11.8 Å². The number of hydrogen-bond donors (Lipinski definition) is 0. The van der Waals surface area contributed by atoms with Crippen molar-refractivity contribution in [1.29, 1.82) is 0 Å². The van der Waals surface area contributed by atoms with Gasteiger partial charge in [-0.1, -0.05) is 72.8 Å². The van der Waals surface area contributed by atoms with Gasteiger partial charge in [0.25, 0.3) is 0 Å². The van der Waals surface area contributed by atoms with E-state index in [1.807, 2.05) is 6.20 Å². The zero-order valence-electron chi connectivity index (χ0n) is 15.3. The SMILES string of the molecule is c1ccc2c(c1)CC1=C2C2(c3ccccc31)c1ccccc1-c1ccncc12. The normalized spacial score (nSPS) is 20.0. The molecule has 1 heterocycles. The standard InChI is InChI=1S/C27H17N/c1-2-8-18-17(7-1)15-22-20-10-4-6-12-24(20)27(26(18)22)23-11-5-3-9-19(23)21-13-14-28-16-25(21)27/h1-14,16H,15H2. The van der Waals surface area contributed by atoms with Gasteiger partial charge in [-0.2, -0.15) is 0 Å². The zero-order valence-corrected chi connectivity index (χ0v) is 15.3. The molecule has 0 bridgehead atoms. The molecule has 3 aliphatic rings. The molecule has 1 nitrogen and oxygen atoms in total. The Morgan fingerprint density at radius 1 is 0.607 bits per heavy atom. The van der Waals surface area contributed by atoms with Crippen molar-refractivity contribution in [3.63, 3.8) is 0 Å². The van der Waals surface area contributed by atoms with Crippen LogP contribution in [0.5, 0.6) is 0 Å². The Kier molecular flexibility index (Phi) is 2.54. The lowest BCUT2D eigenvalue weighted by atomic mass is 9.68. The Morgan fingerprint density at radius 3 is 2.11 bits per heavy atom. The van der Waals surface area contributed by atoms with Crippen molar-refractivity contribution in [1.82, 2.24) is 4.98 Å². The molecule has 0 N–H and O–H groups in total. The lowest BCUT2D eigenvalue weighted by molar-refractivity contribution is 0.835. The summed E-state index contributed by atoms with van der Waals surface area (Å²) in [6.45, 7) is 0. The minimum atomic E-state index is -0.251. The molecule has 0 aliphatic heterocycles. The van der Waals surface area contributed by atoms with E-state index in [4.69, 9.17) is 0 Å². The first kappa shape index (κ1) is 14.6. The summed E-state index contributed by atoms with van der Waals surface area (Å²) >= 11 is 0. The average Bonchev–Trinajstić information content (AvgIpc) is 3.37. The summed E-state index contributed by atoms with van der Waals surface area (Å²) in [5.74, 6) is 0. The second-order valence-corrected chi connectivity index (χ2v) is 7.95. The van der Waals surface area contributed by atoms with Crippen LogP contribution in [0.3, 0.4) is 0 Å². The fourth-order valence-electron chi connectivity index (χ4n) is 5.90. The third-order valence-corrected chi connectivity index (χ3v) is 6.83. The highest BCUT2D eigenvalue weighted by molar-refractivity contribution is 6.12. The van der Waals surface area contributed by atoms with Gasteiger partial charge in [-0.05, 0) is 68.1 Å². The predicted octanol–water partition coefficient (Wildman–Crippen LogP) is 5.88. The van der Waals surface area contributed by atoms with Crippen LogP contribution in [0.2, 0.25) is 0 Å². The van der Waals surface area contributed by atoms with Crippen molar-refractivity contribution in [2.45, 2.75) is 11.8 Å². The largest absolute Gasteiger partial charge is 0.264 e. The second kappa shape index (κ2) is 4.88. The molecule has 4 aromatic rings. The molecular weight excluding hydrogens is 338 g/mol. The van der Waals surface area contributed by atoms with Crippen LogP contribution in [0.15, 0.2) is 91.3 Å². The maximum absolute atomic E-state index is 4.58. The molecule has 1 heteroatoms. The third-order valence-electron chi connectivity index (χ3n) is 6.83. The fourth-order valence-corrected chi connectivity index (χ4v) is 5.90. The monoisotopic (exact) mass is 355 g/mol. The van der Waals surface area contributed by atoms with Gasteiger partial charge in [0, 0.05) is 12.4 Å². The van der Waals surface area contributed by atoms with Gasteiger partial charge in [-0.3, -0.25) is 4.98 Å². The summed E-state index contributed by atoms with van der Waals surface area (Å²) in [5, 5.41) is 0. The van der Waals surface area contributed by atoms with E-state index in [1.165, 1.54) is 55.7 Å². The van der Waals surface area contributed by atoms with Gasteiger partial charge >= 0.3 is 0 Å². The molecular formula is C27H17N. The third kappa shape index (κ3) is 1.46. The van der Waals surface area contributed by atoms with Crippen molar-refractivity contribution >= 4 is 11.1 Å². The molecule has 1 unspecified atom stereocenters. The molecule has 7 rings (SSSR count). The number of rotatable bonds is 0. The van der Waals surface area contributed by atoms with Crippen molar-refractivity contribution in [3.05, 3.63) is 125 Å². The Hall–Kier alpha value is -3.45. The van der Waals surface area contributed by atoms with Crippen LogP contribution in [0.25, 0.3) is 22.3 Å². The van der Waals surface area contributed by atoms with Crippen molar-refractivity contribution in [3.8, 4) is 11.1 Å². The van der Waals surface area contributed by atoms with E-state index in [9.17, 15) is 0 Å². The summed E-state index contributed by atoms with van der Waals surface area (Å²) in [6, 6.07) is 29.0. The second-order valence-electron chi connectivity index (χ2n) is 7.95. The Morgan fingerprint density at radius 2 is 1.25 bits per heavy atom. The average molecular weight is 355 g/mol. The molecule has 28 heavy (non-hydrogen) atoms. The molecule has 3 aliphatic carbocycles. The van der Waals surface area contributed by atoms with Crippen LogP contribution in [0.4, 0.5) is 0 Å². The lowest BCUT2D eigenvalue weighted by Gasteiger charge is -2.32. The molecule has 130 valence electrons. The van der Waals surface area contributed by atoms with E-state index in [1.54, 1.807) is 0 Å². The molecule has 0 saturated heterocycles. The van der Waals surface area contributed by atoms with Gasteiger partial charge in [-0.25, -0.2) is 0 Å². The van der Waals surface area contributed by atoms with Gasteiger partial charge in [0.2, 0.25) is 0 Å². The highest BCUT2D eigenvalue weighted by Gasteiger charge is 2.54. The quantitative estimate of drug-likeness (QED) is 0.384. The van der Waals surface area contributed by atoms with Crippen LogP contribution < -0.4 is 0 Å². The van der Waals surface area contributed by atoms with E-state index in [0.717, 1.165) is 6.42 Å². The number of pyridine rings is 1. The minimum absolute atomic E-state index is 0.251. The predicted molar refractivity (Wildman–Crippen MR) is 113 cm³/mol. The maximum Gasteiger partial charge on any atom is 0.0743 e. The molecule has 0 fully saturated rings. The first-order chi connectivity index (χ1) is 13.9. The van der Waals surface area contributed by atoms with Crippen molar-refractivity contribution in [2.24, 2.45) is 0 Å². The molecule has 3 aromatic carbocycles. The maximum atomic E-state index is 4.58. The van der Waals surface area contributed by atoms with Gasteiger partial charge in [0.1, 0.15) is 0 Å². The van der Waals surface area contributed by atoms with Crippen LogP contribution in [0, 0.1) is 0 Å². The molecule has 0 saturated carbocycles. The van der Waals surface area contributed by atoms with Gasteiger partial charge < -0.3 is 0 Å². The number of aromatic nitrogens is 1. The zero-order chi connectivity index (χ0) is 18.3. The number of allylic oxidation sites excluding steroid dienone is 2. The fraction of sp³-hybridized carbons (Fsp3) is 0.0741. The van der Waals surface area contributed by atoms with Crippen molar-refractivity contribution < 1.29 is 0 Å². The highest BCUT2D eigenvalue weighted by atomic mass is 14.7. The van der Waals surface area contributed by atoms with Gasteiger partial charge in [0.15, 0.2) is 0 Å². The Bertz CT molecular complexity index is 1300. The smallest absolute Gasteiger partial charge is 0.0743 e. The molecule has 0 amide bonds. The molecule has 1 spiro atoms. The van der Waals surface area contributed by atoms with E-state index >= 15 is 0 Å². The van der Waals surface area contributed by atoms with Crippen molar-refractivity contribution in [2.75, 3.05) is 0 Å².